The van der Waals surface area contributed by atoms with E-state index in [0.29, 0.717) is 21.9 Å². The fourth-order valence-corrected chi connectivity index (χ4v) is 2.22. The third-order valence-electron chi connectivity index (χ3n) is 3.11. The molecule has 0 atom stereocenters. The lowest BCUT2D eigenvalue weighted by atomic mass is 10.0. The molecule has 0 aromatic heterocycles. The lowest BCUT2D eigenvalue weighted by Crippen LogP contribution is -2.13. The number of hydrogen-bond acceptors (Lipinski definition) is 3. The van der Waals surface area contributed by atoms with Gasteiger partial charge < -0.3 is 4.74 Å². The normalized spacial score (nSPS) is 10.0. The van der Waals surface area contributed by atoms with Gasteiger partial charge in [-0.3, -0.25) is 4.79 Å². The van der Waals surface area contributed by atoms with Crippen molar-refractivity contribution in [2.24, 2.45) is 0 Å². The molecule has 0 bridgehead atoms. The van der Waals surface area contributed by atoms with Crippen LogP contribution in [0.2, 0.25) is 5.02 Å². The van der Waals surface area contributed by atoms with Crippen molar-refractivity contribution < 1.29 is 9.53 Å². The summed E-state index contributed by atoms with van der Waals surface area (Å²) >= 11 is 5.87. The highest BCUT2D eigenvalue weighted by molar-refractivity contribution is 6.30. The number of nitriles is 1. The van der Waals surface area contributed by atoms with E-state index in [4.69, 9.17) is 21.6 Å². The number of ether oxygens (including phenoxy) is 1. The number of rotatable bonds is 4. The minimum atomic E-state index is -0.128. The quantitative estimate of drug-likeness (QED) is 0.799. The highest BCUT2D eigenvalue weighted by Gasteiger charge is 2.12. The maximum Gasteiger partial charge on any atom is 0.200 e. The summed E-state index contributed by atoms with van der Waals surface area (Å²) in [4.78, 5) is 12.2. The summed E-state index contributed by atoms with van der Waals surface area (Å²) < 4.78 is 5.45. The number of hydrogen-bond donors (Lipinski definition) is 0. The van der Waals surface area contributed by atoms with Gasteiger partial charge in [-0.25, -0.2) is 0 Å². The molecule has 0 saturated carbocycles. The summed E-state index contributed by atoms with van der Waals surface area (Å²) in [5, 5.41) is 9.47. The molecule has 3 nitrogen and oxygen atoms in total. The Hall–Kier alpha value is -2.31. The lowest BCUT2D eigenvalue weighted by molar-refractivity contribution is 0.0920. The molecule has 0 amide bonds. The minimum absolute atomic E-state index is 0.126. The van der Waals surface area contributed by atoms with Crippen LogP contribution in [0, 0.1) is 25.2 Å². The highest BCUT2D eigenvalue weighted by Crippen LogP contribution is 2.23. The zero-order valence-electron chi connectivity index (χ0n) is 11.8. The van der Waals surface area contributed by atoms with Crippen LogP contribution >= 0.6 is 11.6 Å². The van der Waals surface area contributed by atoms with Crippen molar-refractivity contribution in [3.8, 4) is 11.8 Å². The lowest BCUT2D eigenvalue weighted by Gasteiger charge is -2.09. The molecular formula is C17H14ClNO2. The third-order valence-corrected chi connectivity index (χ3v) is 3.34. The molecule has 2 aromatic carbocycles. The Bertz CT molecular complexity index is 732. The second-order valence-electron chi connectivity index (χ2n) is 4.78. The third kappa shape index (κ3) is 3.62. The van der Waals surface area contributed by atoms with Crippen molar-refractivity contribution in [3.05, 3.63) is 63.7 Å². The van der Waals surface area contributed by atoms with Gasteiger partial charge in [-0.15, -0.1) is 0 Å². The first-order valence-electron chi connectivity index (χ1n) is 6.44. The van der Waals surface area contributed by atoms with Crippen LogP contribution in [0.1, 0.15) is 27.0 Å². The monoisotopic (exact) mass is 299 g/mol. The van der Waals surface area contributed by atoms with Gasteiger partial charge in [0.25, 0.3) is 0 Å². The van der Waals surface area contributed by atoms with Crippen molar-refractivity contribution in [1.82, 2.24) is 0 Å². The largest absolute Gasteiger partial charge is 0.484 e. The summed E-state index contributed by atoms with van der Waals surface area (Å²) in [7, 11) is 0. The van der Waals surface area contributed by atoms with Crippen LogP contribution in [-0.4, -0.2) is 12.4 Å². The Morgan fingerprint density at radius 3 is 2.67 bits per heavy atom. The molecule has 0 N–H and O–H groups in total. The van der Waals surface area contributed by atoms with E-state index in [1.807, 2.05) is 32.0 Å². The van der Waals surface area contributed by atoms with Gasteiger partial charge in [-0.2, -0.15) is 5.26 Å². The van der Waals surface area contributed by atoms with E-state index in [-0.39, 0.29) is 12.4 Å². The number of aryl methyl sites for hydroxylation is 2. The van der Waals surface area contributed by atoms with E-state index in [9.17, 15) is 4.79 Å². The molecule has 4 heteroatoms. The summed E-state index contributed by atoms with van der Waals surface area (Å²) in [5.41, 5.74) is 3.00. The second-order valence-corrected chi connectivity index (χ2v) is 5.22. The van der Waals surface area contributed by atoms with Crippen molar-refractivity contribution in [2.45, 2.75) is 13.8 Å². The average molecular weight is 300 g/mol. The summed E-state index contributed by atoms with van der Waals surface area (Å²) in [6.07, 6.45) is 0. The molecule has 2 aromatic rings. The first kappa shape index (κ1) is 15.1. The molecule has 21 heavy (non-hydrogen) atoms. The van der Waals surface area contributed by atoms with Gasteiger partial charge >= 0.3 is 0 Å². The molecule has 0 radical (unpaired) electrons. The fourth-order valence-electron chi connectivity index (χ4n) is 2.06. The molecule has 0 heterocycles. The van der Waals surface area contributed by atoms with Crippen molar-refractivity contribution >= 4 is 17.4 Å². The van der Waals surface area contributed by atoms with Crippen molar-refractivity contribution in [2.75, 3.05) is 6.61 Å². The highest BCUT2D eigenvalue weighted by atomic mass is 35.5. The minimum Gasteiger partial charge on any atom is -0.484 e. The van der Waals surface area contributed by atoms with Crippen LogP contribution in [0.25, 0.3) is 0 Å². The smallest absolute Gasteiger partial charge is 0.200 e. The van der Waals surface area contributed by atoms with E-state index in [2.05, 4.69) is 0 Å². The van der Waals surface area contributed by atoms with Crippen LogP contribution in [0.3, 0.4) is 0 Å². The van der Waals surface area contributed by atoms with Crippen LogP contribution in [-0.2, 0) is 0 Å². The van der Waals surface area contributed by atoms with Gasteiger partial charge in [0.1, 0.15) is 11.8 Å². The van der Waals surface area contributed by atoms with E-state index in [0.717, 1.165) is 11.1 Å². The number of carbonyl (C=O) groups excluding carboxylic acids is 1. The Morgan fingerprint density at radius 1 is 1.24 bits per heavy atom. The predicted octanol–water partition coefficient (Wildman–Crippen LogP) is 4.09. The van der Waals surface area contributed by atoms with Crippen LogP contribution in [0.4, 0.5) is 0 Å². The molecule has 0 saturated heterocycles. The number of ketones is 1. The van der Waals surface area contributed by atoms with Crippen molar-refractivity contribution in [3.63, 3.8) is 0 Å². The zero-order valence-corrected chi connectivity index (χ0v) is 12.6. The number of halogens is 1. The Balaban J connectivity index is 2.15. The maximum absolute atomic E-state index is 12.2. The number of carbonyl (C=O) groups is 1. The number of nitrogens with zero attached hydrogens (tertiary/aromatic N) is 1. The number of Topliss-reactive ketones (excluding diaryl/α,β-unsaturated/α-hetero) is 1. The molecule has 0 unspecified atom stereocenters. The average Bonchev–Trinajstić information content (AvgIpc) is 2.45. The van der Waals surface area contributed by atoms with Gasteiger partial charge in [0, 0.05) is 16.7 Å². The number of benzene rings is 2. The molecule has 0 aliphatic carbocycles. The maximum atomic E-state index is 12.2. The van der Waals surface area contributed by atoms with Gasteiger partial charge in [0.2, 0.25) is 0 Å². The van der Waals surface area contributed by atoms with E-state index in [1.165, 1.54) is 6.07 Å². The SMILES string of the molecule is Cc1ccc(C(=O)COc2cc(Cl)ccc2C#N)c(C)c1. The summed E-state index contributed by atoms with van der Waals surface area (Å²) in [6, 6.07) is 12.4. The van der Waals surface area contributed by atoms with E-state index < -0.39 is 0 Å². The van der Waals surface area contributed by atoms with Crippen LogP contribution in [0.5, 0.6) is 5.75 Å². The van der Waals surface area contributed by atoms with Crippen LogP contribution < -0.4 is 4.74 Å². The molecule has 106 valence electrons. The van der Waals surface area contributed by atoms with Gasteiger partial charge in [-0.05, 0) is 31.5 Å². The standard InChI is InChI=1S/C17H14ClNO2/c1-11-3-6-15(12(2)7-11)16(20)10-21-17-8-14(18)5-4-13(17)9-19/h3-8H,10H2,1-2H3. The molecular weight excluding hydrogens is 286 g/mol. The van der Waals surface area contributed by atoms with Gasteiger partial charge in [-0.1, -0.05) is 35.4 Å². The summed E-state index contributed by atoms with van der Waals surface area (Å²) in [6.45, 7) is 3.74. The van der Waals surface area contributed by atoms with Gasteiger partial charge in [0.05, 0.1) is 5.56 Å². The Kier molecular flexibility index (Phi) is 4.62. The molecule has 0 spiro atoms. The summed E-state index contributed by atoms with van der Waals surface area (Å²) in [5.74, 6) is 0.194. The first-order chi connectivity index (χ1) is 10.0. The van der Waals surface area contributed by atoms with Gasteiger partial charge in [0.15, 0.2) is 12.4 Å². The van der Waals surface area contributed by atoms with E-state index >= 15 is 0 Å². The first-order valence-corrected chi connectivity index (χ1v) is 6.82. The molecule has 0 aliphatic rings. The molecule has 0 fully saturated rings. The topological polar surface area (TPSA) is 50.1 Å². The predicted molar refractivity (Wildman–Crippen MR) is 81.9 cm³/mol. The fraction of sp³-hybridized carbons (Fsp3) is 0.176. The Labute approximate surface area is 128 Å². The van der Waals surface area contributed by atoms with Crippen molar-refractivity contribution in [1.29, 1.82) is 5.26 Å². The Morgan fingerprint density at radius 2 is 2.00 bits per heavy atom. The van der Waals surface area contributed by atoms with E-state index in [1.54, 1.807) is 18.2 Å². The second kappa shape index (κ2) is 6.43. The zero-order chi connectivity index (χ0) is 15.4. The molecule has 2 rings (SSSR count). The van der Waals surface area contributed by atoms with Crippen LogP contribution in [0.15, 0.2) is 36.4 Å². The molecule has 0 aliphatic heterocycles.